The largest absolute Gasteiger partial charge is 0.302 e. The van der Waals surface area contributed by atoms with E-state index in [4.69, 9.17) is 11.6 Å². The van der Waals surface area contributed by atoms with Crippen molar-refractivity contribution in [2.24, 2.45) is 17.8 Å². The first-order chi connectivity index (χ1) is 7.83. The van der Waals surface area contributed by atoms with Crippen molar-refractivity contribution in [1.82, 2.24) is 4.90 Å². The van der Waals surface area contributed by atoms with E-state index in [1.807, 2.05) is 0 Å². The predicted octanol–water partition coefficient (Wildman–Crippen LogP) is 3.76. The van der Waals surface area contributed by atoms with E-state index in [2.05, 4.69) is 11.8 Å². The Morgan fingerprint density at radius 2 is 2.06 bits per heavy atom. The number of hydrogen-bond acceptors (Lipinski definition) is 1. The normalized spacial score (nSPS) is 32.8. The summed E-state index contributed by atoms with van der Waals surface area (Å²) in [5.74, 6) is 3.94. The molecule has 2 rings (SSSR count). The molecule has 0 aliphatic heterocycles. The van der Waals surface area contributed by atoms with Gasteiger partial charge in [-0.3, -0.25) is 0 Å². The van der Waals surface area contributed by atoms with Crippen LogP contribution < -0.4 is 0 Å². The Hall–Kier alpha value is 0.250. The molecule has 0 N–H and O–H groups in total. The molecule has 3 unspecified atom stereocenters. The number of halogens is 1. The summed E-state index contributed by atoms with van der Waals surface area (Å²) >= 11 is 5.90. The molecule has 0 spiro atoms. The minimum atomic E-state index is 0.796. The van der Waals surface area contributed by atoms with Crippen LogP contribution in [0.2, 0.25) is 0 Å². The molecule has 0 radical (unpaired) electrons. The molecule has 0 saturated heterocycles. The van der Waals surface area contributed by atoms with E-state index in [1.54, 1.807) is 0 Å². The second kappa shape index (κ2) is 6.26. The molecule has 1 nitrogen and oxygen atoms in total. The van der Waals surface area contributed by atoms with Crippen molar-refractivity contribution in [3.63, 3.8) is 0 Å². The summed E-state index contributed by atoms with van der Waals surface area (Å²) in [6.07, 6.45) is 8.71. The number of hydrogen-bond donors (Lipinski definition) is 0. The maximum atomic E-state index is 5.90. The smallest absolute Gasteiger partial charge is 0.0351 e. The summed E-state index contributed by atoms with van der Waals surface area (Å²) in [5, 5.41) is 0. The van der Waals surface area contributed by atoms with Crippen molar-refractivity contribution in [1.29, 1.82) is 0 Å². The number of nitrogens with zero attached hydrogens (tertiary/aromatic N) is 1. The molecule has 0 aromatic rings. The highest BCUT2D eigenvalue weighted by atomic mass is 35.5. The zero-order valence-electron chi connectivity index (χ0n) is 10.6. The third-order valence-corrected chi connectivity index (χ3v) is 4.77. The van der Waals surface area contributed by atoms with E-state index in [0.29, 0.717) is 0 Å². The average Bonchev–Trinajstić information content (AvgIpc) is 2.88. The average molecular weight is 244 g/mol. The molecule has 2 aliphatic rings. The Morgan fingerprint density at radius 1 is 1.19 bits per heavy atom. The quantitative estimate of drug-likeness (QED) is 0.616. The van der Waals surface area contributed by atoms with E-state index in [1.165, 1.54) is 51.6 Å². The Morgan fingerprint density at radius 3 is 2.62 bits per heavy atom. The van der Waals surface area contributed by atoms with Crippen LogP contribution in [0, 0.1) is 17.8 Å². The fourth-order valence-corrected chi connectivity index (χ4v) is 3.97. The topological polar surface area (TPSA) is 3.24 Å². The number of rotatable bonds is 7. The lowest BCUT2D eigenvalue weighted by atomic mass is 9.88. The highest BCUT2D eigenvalue weighted by Crippen LogP contribution is 2.48. The first-order valence-corrected chi connectivity index (χ1v) is 7.65. The molecule has 3 atom stereocenters. The summed E-state index contributed by atoms with van der Waals surface area (Å²) < 4.78 is 0. The Bertz CT molecular complexity index is 207. The van der Waals surface area contributed by atoms with Gasteiger partial charge >= 0.3 is 0 Å². The number of alkyl halides is 1. The SMILES string of the molecule is CCCCN(CCCl)CC1CC2CCC1C2. The van der Waals surface area contributed by atoms with Gasteiger partial charge in [-0.1, -0.05) is 19.8 Å². The molecule has 16 heavy (non-hydrogen) atoms. The second-order valence-electron chi connectivity index (χ2n) is 5.78. The van der Waals surface area contributed by atoms with Gasteiger partial charge < -0.3 is 4.90 Å². The van der Waals surface area contributed by atoms with Crippen molar-refractivity contribution < 1.29 is 0 Å². The van der Waals surface area contributed by atoms with E-state index in [0.717, 1.165) is 30.2 Å². The molecule has 2 saturated carbocycles. The summed E-state index contributed by atoms with van der Waals surface area (Å²) in [6.45, 7) is 5.96. The van der Waals surface area contributed by atoms with Crippen molar-refractivity contribution in [3.8, 4) is 0 Å². The minimum Gasteiger partial charge on any atom is -0.302 e. The molecule has 2 bridgehead atoms. The van der Waals surface area contributed by atoms with Gasteiger partial charge in [-0.25, -0.2) is 0 Å². The molecule has 0 aromatic heterocycles. The lowest BCUT2D eigenvalue weighted by Crippen LogP contribution is -2.34. The van der Waals surface area contributed by atoms with E-state index >= 15 is 0 Å². The lowest BCUT2D eigenvalue weighted by molar-refractivity contribution is 0.195. The lowest BCUT2D eigenvalue weighted by Gasteiger charge is -2.29. The van der Waals surface area contributed by atoms with Crippen molar-refractivity contribution in [2.45, 2.75) is 45.4 Å². The number of unbranched alkanes of at least 4 members (excludes halogenated alkanes) is 1. The van der Waals surface area contributed by atoms with Gasteiger partial charge in [0.05, 0.1) is 0 Å². The van der Waals surface area contributed by atoms with Crippen LogP contribution in [0.4, 0.5) is 0 Å². The first kappa shape index (κ1) is 12.7. The summed E-state index contributed by atoms with van der Waals surface area (Å²) in [7, 11) is 0. The molecule has 2 aliphatic carbocycles. The van der Waals surface area contributed by atoms with E-state index in [-0.39, 0.29) is 0 Å². The van der Waals surface area contributed by atoms with Gasteiger partial charge in [0.1, 0.15) is 0 Å². The van der Waals surface area contributed by atoms with Crippen LogP contribution >= 0.6 is 11.6 Å². The molecule has 0 aromatic carbocycles. The summed E-state index contributed by atoms with van der Waals surface area (Å²) in [6, 6.07) is 0. The van der Waals surface area contributed by atoms with Crippen LogP contribution in [0.25, 0.3) is 0 Å². The zero-order chi connectivity index (χ0) is 11.4. The molecule has 94 valence electrons. The van der Waals surface area contributed by atoms with E-state index in [9.17, 15) is 0 Å². The van der Waals surface area contributed by atoms with Crippen LogP contribution in [0.15, 0.2) is 0 Å². The molecule has 2 fully saturated rings. The second-order valence-corrected chi connectivity index (χ2v) is 6.16. The van der Waals surface area contributed by atoms with Gasteiger partial charge in [0.15, 0.2) is 0 Å². The molecule has 0 amide bonds. The summed E-state index contributed by atoms with van der Waals surface area (Å²) in [5.41, 5.74) is 0. The third kappa shape index (κ3) is 3.13. The Balaban J connectivity index is 1.76. The first-order valence-electron chi connectivity index (χ1n) is 7.11. The molecular formula is C14H26ClN. The van der Waals surface area contributed by atoms with Gasteiger partial charge in [0.25, 0.3) is 0 Å². The van der Waals surface area contributed by atoms with Gasteiger partial charge in [-0.05, 0) is 50.0 Å². The monoisotopic (exact) mass is 243 g/mol. The van der Waals surface area contributed by atoms with Crippen molar-refractivity contribution >= 4 is 11.6 Å². The maximum absolute atomic E-state index is 5.90. The minimum absolute atomic E-state index is 0.796. The molecule has 2 heteroatoms. The molecule has 0 heterocycles. The van der Waals surface area contributed by atoms with Crippen molar-refractivity contribution in [3.05, 3.63) is 0 Å². The summed E-state index contributed by atoms with van der Waals surface area (Å²) in [4.78, 5) is 2.61. The van der Waals surface area contributed by atoms with Crippen LogP contribution in [-0.2, 0) is 0 Å². The van der Waals surface area contributed by atoms with Gasteiger partial charge in [0.2, 0.25) is 0 Å². The number of fused-ring (bicyclic) bond motifs is 2. The van der Waals surface area contributed by atoms with Gasteiger partial charge in [-0.2, -0.15) is 0 Å². The van der Waals surface area contributed by atoms with Gasteiger partial charge in [-0.15, -0.1) is 11.6 Å². The third-order valence-electron chi connectivity index (χ3n) is 4.61. The predicted molar refractivity (Wildman–Crippen MR) is 71.0 cm³/mol. The highest BCUT2D eigenvalue weighted by molar-refractivity contribution is 6.18. The maximum Gasteiger partial charge on any atom is 0.0351 e. The highest BCUT2D eigenvalue weighted by Gasteiger charge is 2.39. The Kier molecular flexibility index (Phi) is 4.97. The van der Waals surface area contributed by atoms with Gasteiger partial charge in [0, 0.05) is 19.0 Å². The van der Waals surface area contributed by atoms with Crippen LogP contribution in [0.5, 0.6) is 0 Å². The van der Waals surface area contributed by atoms with Crippen LogP contribution in [0.3, 0.4) is 0 Å². The zero-order valence-corrected chi connectivity index (χ0v) is 11.4. The van der Waals surface area contributed by atoms with E-state index < -0.39 is 0 Å². The fourth-order valence-electron chi connectivity index (χ4n) is 3.73. The van der Waals surface area contributed by atoms with Crippen LogP contribution in [0.1, 0.15) is 45.4 Å². The molecular weight excluding hydrogens is 218 g/mol. The fraction of sp³-hybridized carbons (Fsp3) is 1.00. The van der Waals surface area contributed by atoms with Crippen LogP contribution in [-0.4, -0.2) is 30.4 Å². The van der Waals surface area contributed by atoms with Crippen molar-refractivity contribution in [2.75, 3.05) is 25.5 Å². The Labute approximate surface area is 106 Å². The standard InChI is InChI=1S/C14H26ClN/c1-2-3-7-16(8-6-15)11-14-10-12-4-5-13(14)9-12/h12-14H,2-11H2,1H3.